The molecule has 76 valence electrons. The summed E-state index contributed by atoms with van der Waals surface area (Å²) in [4.78, 5) is 0. The quantitative estimate of drug-likeness (QED) is 0.800. The molecular formula is C11H15BrN2. The van der Waals surface area contributed by atoms with Crippen molar-refractivity contribution in [1.82, 2.24) is 0 Å². The van der Waals surface area contributed by atoms with Crippen LogP contribution < -0.4 is 11.5 Å². The van der Waals surface area contributed by atoms with Crippen molar-refractivity contribution in [3.8, 4) is 0 Å². The number of hydrogen-bond donors (Lipinski definition) is 2. The Morgan fingerprint density at radius 1 is 1.36 bits per heavy atom. The first-order valence-corrected chi connectivity index (χ1v) is 5.68. The molecule has 1 aromatic rings. The van der Waals surface area contributed by atoms with Crippen molar-refractivity contribution in [3.05, 3.63) is 33.8 Å². The topological polar surface area (TPSA) is 52.0 Å². The minimum absolute atomic E-state index is 0.180. The summed E-state index contributed by atoms with van der Waals surface area (Å²) in [5.74, 6) is 0. The normalized spacial score (nSPS) is 25.9. The minimum atomic E-state index is -0.180. The molecule has 0 spiro atoms. The lowest BCUT2D eigenvalue weighted by Gasteiger charge is -2.33. The van der Waals surface area contributed by atoms with Gasteiger partial charge in [0.2, 0.25) is 0 Å². The van der Waals surface area contributed by atoms with Crippen LogP contribution in [-0.2, 0) is 12.8 Å². The van der Waals surface area contributed by atoms with Gasteiger partial charge in [-0.25, -0.2) is 0 Å². The maximum atomic E-state index is 6.17. The fraction of sp³-hybridized carbons (Fsp3) is 0.455. The van der Waals surface area contributed by atoms with E-state index < -0.39 is 0 Å². The molecule has 4 N–H and O–H groups in total. The standard InChI is InChI=1S/C11H15BrN2/c12-10-2-1-9-6-11(14,7-13)4-3-8(9)5-10/h1-2,5H,3-4,6-7,13-14H2. The third kappa shape index (κ3) is 1.85. The van der Waals surface area contributed by atoms with Gasteiger partial charge in [0, 0.05) is 16.6 Å². The molecule has 2 rings (SSSR count). The molecule has 1 aromatic carbocycles. The minimum Gasteiger partial charge on any atom is -0.329 e. The summed E-state index contributed by atoms with van der Waals surface area (Å²) in [6, 6.07) is 6.41. The first-order chi connectivity index (χ1) is 6.63. The Morgan fingerprint density at radius 2 is 2.14 bits per heavy atom. The third-order valence-electron chi connectivity index (χ3n) is 3.01. The highest BCUT2D eigenvalue weighted by molar-refractivity contribution is 9.10. The molecule has 0 radical (unpaired) electrons. The van der Waals surface area contributed by atoms with Crippen molar-refractivity contribution in [3.63, 3.8) is 0 Å². The number of nitrogens with two attached hydrogens (primary N) is 2. The van der Waals surface area contributed by atoms with Crippen molar-refractivity contribution < 1.29 is 0 Å². The molecule has 1 aliphatic rings. The maximum absolute atomic E-state index is 6.17. The van der Waals surface area contributed by atoms with Gasteiger partial charge in [-0.1, -0.05) is 22.0 Å². The fourth-order valence-corrected chi connectivity index (χ4v) is 2.43. The Labute approximate surface area is 92.8 Å². The van der Waals surface area contributed by atoms with Crippen LogP contribution in [0.1, 0.15) is 17.5 Å². The summed E-state index contributed by atoms with van der Waals surface area (Å²) in [7, 11) is 0. The number of aryl methyl sites for hydroxylation is 1. The van der Waals surface area contributed by atoms with Gasteiger partial charge in [-0.3, -0.25) is 0 Å². The van der Waals surface area contributed by atoms with Crippen LogP contribution in [0.4, 0.5) is 0 Å². The largest absolute Gasteiger partial charge is 0.329 e. The van der Waals surface area contributed by atoms with E-state index in [0.717, 1.165) is 23.7 Å². The smallest absolute Gasteiger partial charge is 0.0322 e. The molecule has 2 nitrogen and oxygen atoms in total. The van der Waals surface area contributed by atoms with Crippen molar-refractivity contribution in [2.75, 3.05) is 6.54 Å². The van der Waals surface area contributed by atoms with Crippen LogP contribution in [0.5, 0.6) is 0 Å². The summed E-state index contributed by atoms with van der Waals surface area (Å²) < 4.78 is 1.15. The van der Waals surface area contributed by atoms with E-state index in [1.807, 2.05) is 0 Å². The zero-order chi connectivity index (χ0) is 10.2. The van der Waals surface area contributed by atoms with Gasteiger partial charge in [0.05, 0.1) is 0 Å². The Kier molecular flexibility index (Phi) is 2.64. The molecule has 0 saturated heterocycles. The fourth-order valence-electron chi connectivity index (χ4n) is 2.03. The van der Waals surface area contributed by atoms with Crippen LogP contribution in [0, 0.1) is 0 Å². The van der Waals surface area contributed by atoms with Crippen LogP contribution in [0.25, 0.3) is 0 Å². The maximum Gasteiger partial charge on any atom is 0.0322 e. The van der Waals surface area contributed by atoms with Crippen molar-refractivity contribution in [2.24, 2.45) is 11.5 Å². The van der Waals surface area contributed by atoms with Gasteiger partial charge in [0.15, 0.2) is 0 Å². The summed E-state index contributed by atoms with van der Waals surface area (Å²) in [6.07, 6.45) is 2.95. The average Bonchev–Trinajstić information content (AvgIpc) is 2.19. The molecular weight excluding hydrogens is 240 g/mol. The predicted octanol–water partition coefficient (Wildman–Crippen LogP) is 1.59. The van der Waals surface area contributed by atoms with E-state index >= 15 is 0 Å². The molecule has 0 heterocycles. The lowest BCUT2D eigenvalue weighted by molar-refractivity contribution is 0.382. The molecule has 0 aliphatic heterocycles. The number of benzene rings is 1. The zero-order valence-corrected chi connectivity index (χ0v) is 9.68. The molecule has 1 unspecified atom stereocenters. The Bertz CT molecular complexity index is 351. The summed E-state index contributed by atoms with van der Waals surface area (Å²) in [5, 5.41) is 0. The molecule has 1 atom stereocenters. The predicted molar refractivity (Wildman–Crippen MR) is 62.1 cm³/mol. The van der Waals surface area contributed by atoms with Gasteiger partial charge in [0.25, 0.3) is 0 Å². The van der Waals surface area contributed by atoms with Crippen molar-refractivity contribution in [1.29, 1.82) is 0 Å². The van der Waals surface area contributed by atoms with Gasteiger partial charge < -0.3 is 11.5 Å². The van der Waals surface area contributed by atoms with Crippen LogP contribution in [0.3, 0.4) is 0 Å². The molecule has 1 aliphatic carbocycles. The highest BCUT2D eigenvalue weighted by atomic mass is 79.9. The van der Waals surface area contributed by atoms with Gasteiger partial charge in [0.1, 0.15) is 0 Å². The van der Waals surface area contributed by atoms with E-state index in [1.165, 1.54) is 11.1 Å². The molecule has 0 bridgehead atoms. The second-order valence-electron chi connectivity index (χ2n) is 4.16. The van der Waals surface area contributed by atoms with Crippen molar-refractivity contribution in [2.45, 2.75) is 24.8 Å². The monoisotopic (exact) mass is 254 g/mol. The lowest BCUT2D eigenvalue weighted by Crippen LogP contribution is -2.51. The van der Waals surface area contributed by atoms with Crippen LogP contribution in [-0.4, -0.2) is 12.1 Å². The number of hydrogen-bond acceptors (Lipinski definition) is 2. The molecule has 0 saturated carbocycles. The summed E-state index contributed by atoms with van der Waals surface area (Å²) >= 11 is 3.48. The highest BCUT2D eigenvalue weighted by Gasteiger charge is 2.28. The SMILES string of the molecule is NCC1(N)CCc2cc(Br)ccc2C1. The van der Waals surface area contributed by atoms with Crippen LogP contribution in [0.2, 0.25) is 0 Å². The van der Waals surface area contributed by atoms with Crippen LogP contribution in [0.15, 0.2) is 22.7 Å². The lowest BCUT2D eigenvalue weighted by atomic mass is 9.79. The Balaban J connectivity index is 2.31. The molecule has 14 heavy (non-hydrogen) atoms. The number of rotatable bonds is 1. The van der Waals surface area contributed by atoms with E-state index in [9.17, 15) is 0 Å². The van der Waals surface area contributed by atoms with Gasteiger partial charge >= 0.3 is 0 Å². The first-order valence-electron chi connectivity index (χ1n) is 4.89. The highest BCUT2D eigenvalue weighted by Crippen LogP contribution is 2.28. The Morgan fingerprint density at radius 3 is 2.86 bits per heavy atom. The van der Waals surface area contributed by atoms with Gasteiger partial charge in [-0.2, -0.15) is 0 Å². The van der Waals surface area contributed by atoms with E-state index in [4.69, 9.17) is 11.5 Å². The average molecular weight is 255 g/mol. The number of halogens is 1. The molecule has 3 heteroatoms. The van der Waals surface area contributed by atoms with E-state index in [-0.39, 0.29) is 5.54 Å². The first kappa shape index (κ1) is 10.1. The second-order valence-corrected chi connectivity index (χ2v) is 5.07. The molecule has 0 aromatic heterocycles. The second kappa shape index (κ2) is 3.65. The zero-order valence-electron chi connectivity index (χ0n) is 8.09. The van der Waals surface area contributed by atoms with E-state index in [0.29, 0.717) is 6.54 Å². The van der Waals surface area contributed by atoms with E-state index in [2.05, 4.69) is 34.1 Å². The summed E-state index contributed by atoms with van der Waals surface area (Å²) in [5.41, 5.74) is 14.5. The van der Waals surface area contributed by atoms with Gasteiger partial charge in [-0.15, -0.1) is 0 Å². The number of fused-ring (bicyclic) bond motifs is 1. The van der Waals surface area contributed by atoms with Crippen LogP contribution >= 0.6 is 15.9 Å². The molecule has 0 amide bonds. The molecule has 0 fully saturated rings. The van der Waals surface area contributed by atoms with Gasteiger partial charge in [-0.05, 0) is 42.5 Å². The third-order valence-corrected chi connectivity index (χ3v) is 3.50. The van der Waals surface area contributed by atoms with Crippen molar-refractivity contribution >= 4 is 15.9 Å². The Hall–Kier alpha value is -0.380. The van der Waals surface area contributed by atoms with E-state index in [1.54, 1.807) is 0 Å². The summed E-state index contributed by atoms with van der Waals surface area (Å²) in [6.45, 7) is 0.572.